The SMILES string of the molecule is CC1(C)CCN(CCOCCCl)C1. The zero-order valence-electron chi connectivity index (χ0n) is 8.68. The minimum atomic E-state index is 0.506. The van der Waals surface area contributed by atoms with Crippen LogP contribution in [0.5, 0.6) is 0 Å². The molecule has 0 aromatic heterocycles. The highest BCUT2D eigenvalue weighted by atomic mass is 35.5. The highest BCUT2D eigenvalue weighted by Crippen LogP contribution is 2.28. The predicted octanol–water partition coefficient (Wildman–Crippen LogP) is 1.97. The van der Waals surface area contributed by atoms with E-state index in [1.165, 1.54) is 19.5 Å². The van der Waals surface area contributed by atoms with Crippen LogP contribution in [0, 0.1) is 5.41 Å². The standard InChI is InChI=1S/C10H20ClNO/c1-10(2)3-5-12(9-10)6-8-13-7-4-11/h3-9H2,1-2H3. The van der Waals surface area contributed by atoms with Crippen molar-refractivity contribution in [3.05, 3.63) is 0 Å². The zero-order valence-corrected chi connectivity index (χ0v) is 9.44. The van der Waals surface area contributed by atoms with Crippen molar-refractivity contribution in [2.75, 3.05) is 38.7 Å². The fourth-order valence-corrected chi connectivity index (χ4v) is 1.87. The van der Waals surface area contributed by atoms with Gasteiger partial charge in [0.1, 0.15) is 0 Å². The first-order valence-corrected chi connectivity index (χ1v) is 5.53. The second-order valence-corrected chi connectivity index (χ2v) is 4.87. The lowest BCUT2D eigenvalue weighted by molar-refractivity contribution is 0.120. The lowest BCUT2D eigenvalue weighted by Gasteiger charge is -2.19. The molecule has 1 fully saturated rings. The van der Waals surface area contributed by atoms with Crippen LogP contribution >= 0.6 is 11.6 Å². The van der Waals surface area contributed by atoms with E-state index in [2.05, 4.69) is 18.7 Å². The first-order chi connectivity index (χ1) is 6.14. The molecule has 1 aliphatic rings. The molecule has 0 spiro atoms. The van der Waals surface area contributed by atoms with Crippen LogP contribution < -0.4 is 0 Å². The maximum Gasteiger partial charge on any atom is 0.0602 e. The van der Waals surface area contributed by atoms with Crippen molar-refractivity contribution in [2.24, 2.45) is 5.41 Å². The maximum atomic E-state index is 5.50. The smallest absolute Gasteiger partial charge is 0.0602 e. The maximum absolute atomic E-state index is 5.50. The molecule has 1 rings (SSSR count). The minimum absolute atomic E-state index is 0.506. The molecule has 0 saturated carbocycles. The van der Waals surface area contributed by atoms with Gasteiger partial charge in [-0.2, -0.15) is 0 Å². The summed E-state index contributed by atoms with van der Waals surface area (Å²) in [5.41, 5.74) is 0.506. The summed E-state index contributed by atoms with van der Waals surface area (Å²) < 4.78 is 5.34. The summed E-state index contributed by atoms with van der Waals surface area (Å²) in [7, 11) is 0. The van der Waals surface area contributed by atoms with E-state index in [0.29, 0.717) is 17.9 Å². The Morgan fingerprint density at radius 3 is 2.69 bits per heavy atom. The van der Waals surface area contributed by atoms with Gasteiger partial charge in [0.05, 0.1) is 13.2 Å². The molecule has 0 aromatic rings. The van der Waals surface area contributed by atoms with Gasteiger partial charge in [0.25, 0.3) is 0 Å². The highest BCUT2D eigenvalue weighted by molar-refractivity contribution is 6.17. The Morgan fingerprint density at radius 1 is 1.38 bits per heavy atom. The monoisotopic (exact) mass is 205 g/mol. The van der Waals surface area contributed by atoms with Gasteiger partial charge in [0, 0.05) is 19.0 Å². The van der Waals surface area contributed by atoms with Crippen LogP contribution in [0.15, 0.2) is 0 Å². The molecule has 1 aliphatic heterocycles. The molecule has 2 nitrogen and oxygen atoms in total. The molecule has 13 heavy (non-hydrogen) atoms. The van der Waals surface area contributed by atoms with Gasteiger partial charge >= 0.3 is 0 Å². The van der Waals surface area contributed by atoms with Crippen molar-refractivity contribution in [1.29, 1.82) is 0 Å². The van der Waals surface area contributed by atoms with Crippen LogP contribution in [-0.2, 0) is 4.74 Å². The number of hydrogen-bond donors (Lipinski definition) is 0. The van der Waals surface area contributed by atoms with Gasteiger partial charge in [0.15, 0.2) is 0 Å². The van der Waals surface area contributed by atoms with Crippen LogP contribution in [0.3, 0.4) is 0 Å². The van der Waals surface area contributed by atoms with E-state index in [1.54, 1.807) is 0 Å². The summed E-state index contributed by atoms with van der Waals surface area (Å²) in [6.07, 6.45) is 1.31. The van der Waals surface area contributed by atoms with Crippen LogP contribution in [0.4, 0.5) is 0 Å². The molecule has 0 unspecified atom stereocenters. The number of halogens is 1. The predicted molar refractivity (Wildman–Crippen MR) is 56.4 cm³/mol. The third-order valence-corrected chi connectivity index (χ3v) is 2.68. The van der Waals surface area contributed by atoms with Gasteiger partial charge in [-0.15, -0.1) is 11.6 Å². The van der Waals surface area contributed by atoms with E-state index in [4.69, 9.17) is 16.3 Å². The third-order valence-electron chi connectivity index (χ3n) is 2.53. The number of rotatable bonds is 5. The lowest BCUT2D eigenvalue weighted by Crippen LogP contribution is -2.27. The van der Waals surface area contributed by atoms with Crippen molar-refractivity contribution in [3.63, 3.8) is 0 Å². The molecule has 0 radical (unpaired) electrons. The average Bonchev–Trinajstić information content (AvgIpc) is 2.40. The number of ether oxygens (including phenoxy) is 1. The lowest BCUT2D eigenvalue weighted by atomic mass is 9.93. The Bertz CT molecular complexity index is 150. The van der Waals surface area contributed by atoms with E-state index >= 15 is 0 Å². The molecular formula is C10H20ClNO. The van der Waals surface area contributed by atoms with Crippen molar-refractivity contribution >= 4 is 11.6 Å². The van der Waals surface area contributed by atoms with Gasteiger partial charge in [-0.05, 0) is 18.4 Å². The first-order valence-electron chi connectivity index (χ1n) is 5.00. The van der Waals surface area contributed by atoms with Gasteiger partial charge < -0.3 is 9.64 Å². The van der Waals surface area contributed by atoms with Gasteiger partial charge in [-0.3, -0.25) is 0 Å². The Morgan fingerprint density at radius 2 is 2.15 bits per heavy atom. The Kier molecular flexibility index (Phi) is 4.50. The number of alkyl halides is 1. The summed E-state index contributed by atoms with van der Waals surface area (Å²) in [4.78, 5) is 2.47. The molecule has 0 bridgehead atoms. The summed E-state index contributed by atoms with van der Waals surface area (Å²) in [5.74, 6) is 0.603. The molecular weight excluding hydrogens is 186 g/mol. The zero-order chi connectivity index (χ0) is 9.73. The fraction of sp³-hybridized carbons (Fsp3) is 1.00. The molecule has 1 heterocycles. The Hall–Kier alpha value is 0.210. The quantitative estimate of drug-likeness (QED) is 0.503. The molecule has 0 N–H and O–H groups in total. The van der Waals surface area contributed by atoms with Gasteiger partial charge in [-0.1, -0.05) is 13.8 Å². The fourth-order valence-electron chi connectivity index (χ4n) is 1.77. The van der Waals surface area contributed by atoms with Crippen LogP contribution in [0.2, 0.25) is 0 Å². The average molecular weight is 206 g/mol. The van der Waals surface area contributed by atoms with Crippen molar-refractivity contribution in [1.82, 2.24) is 4.90 Å². The molecule has 0 amide bonds. The van der Waals surface area contributed by atoms with Gasteiger partial charge in [0.2, 0.25) is 0 Å². The topological polar surface area (TPSA) is 12.5 Å². The van der Waals surface area contributed by atoms with E-state index in [0.717, 1.165) is 13.2 Å². The number of likely N-dealkylation sites (tertiary alicyclic amines) is 1. The Balaban J connectivity index is 2.04. The van der Waals surface area contributed by atoms with E-state index in [1.807, 2.05) is 0 Å². The molecule has 3 heteroatoms. The van der Waals surface area contributed by atoms with Crippen LogP contribution in [0.25, 0.3) is 0 Å². The molecule has 0 aliphatic carbocycles. The number of hydrogen-bond acceptors (Lipinski definition) is 2. The highest BCUT2D eigenvalue weighted by Gasteiger charge is 2.28. The summed E-state index contributed by atoms with van der Waals surface area (Å²) in [6, 6.07) is 0. The third kappa shape index (κ3) is 4.30. The van der Waals surface area contributed by atoms with E-state index in [-0.39, 0.29) is 0 Å². The molecule has 1 saturated heterocycles. The first kappa shape index (κ1) is 11.3. The molecule has 78 valence electrons. The summed E-state index contributed by atoms with van der Waals surface area (Å²) in [5, 5.41) is 0. The number of nitrogens with zero attached hydrogens (tertiary/aromatic N) is 1. The van der Waals surface area contributed by atoms with E-state index < -0.39 is 0 Å². The van der Waals surface area contributed by atoms with Crippen LogP contribution in [0.1, 0.15) is 20.3 Å². The minimum Gasteiger partial charge on any atom is -0.379 e. The van der Waals surface area contributed by atoms with E-state index in [9.17, 15) is 0 Å². The normalized spacial score (nSPS) is 22.4. The summed E-state index contributed by atoms with van der Waals surface area (Å²) >= 11 is 5.50. The molecule has 0 aromatic carbocycles. The molecule has 0 atom stereocenters. The summed E-state index contributed by atoms with van der Waals surface area (Å²) in [6.45, 7) is 9.63. The second-order valence-electron chi connectivity index (χ2n) is 4.49. The van der Waals surface area contributed by atoms with Crippen molar-refractivity contribution < 1.29 is 4.74 Å². The van der Waals surface area contributed by atoms with Crippen molar-refractivity contribution in [2.45, 2.75) is 20.3 Å². The Labute approximate surface area is 86.2 Å². The van der Waals surface area contributed by atoms with Gasteiger partial charge in [-0.25, -0.2) is 0 Å². The second kappa shape index (κ2) is 5.18. The largest absolute Gasteiger partial charge is 0.379 e. The van der Waals surface area contributed by atoms with Crippen LogP contribution in [-0.4, -0.2) is 43.6 Å². The van der Waals surface area contributed by atoms with Crippen molar-refractivity contribution in [3.8, 4) is 0 Å².